The first-order valence-electron chi connectivity index (χ1n) is 37.6. The van der Waals surface area contributed by atoms with E-state index >= 15 is 0 Å². The van der Waals surface area contributed by atoms with Crippen LogP contribution in [0.4, 0.5) is 0 Å². The van der Waals surface area contributed by atoms with E-state index in [0.717, 1.165) is 116 Å². The average Bonchev–Trinajstić information content (AvgIpc) is 2.24. The number of phosphoric ester groups is 2. The summed E-state index contributed by atoms with van der Waals surface area (Å²) < 4.78 is 68.4. The lowest BCUT2D eigenvalue weighted by atomic mass is 10.0. The summed E-state index contributed by atoms with van der Waals surface area (Å²) in [6, 6.07) is 0. The molecule has 0 aromatic rings. The Morgan fingerprint density at radius 3 is 0.826 bits per heavy atom. The molecule has 0 bridgehead atoms. The Kier molecular flexibility index (Phi) is 65.3. The molecule has 542 valence electrons. The summed E-state index contributed by atoms with van der Waals surface area (Å²) in [6.45, 7) is 4.90. The number of unbranched alkanes of at least 4 members (excludes halogenated alkanes) is 42. The highest BCUT2D eigenvalue weighted by molar-refractivity contribution is 7.47. The molecule has 0 rings (SSSR count). The Morgan fingerprint density at radius 2 is 0.533 bits per heavy atom. The molecule has 0 fully saturated rings. The van der Waals surface area contributed by atoms with Gasteiger partial charge in [0.15, 0.2) is 12.2 Å². The standard InChI is InChI=1S/C73H138O17P2/c1-5-9-13-17-21-25-29-32-33-36-39-42-46-50-54-58-71(76)84-63-68(89-72(77)59-55-51-47-43-37-28-24-20-16-12-8-4)65-87-91(79,80)85-61-67(74)62-86-92(81,82)88-66-69(90-73(78)60-56-52-48-44-40-35-31-27-23-19-15-11-7-3)64-83-70(75)57-53-49-45-41-38-34-30-26-22-18-14-10-6-2/h21,25,32-33,67-69,74H,5-20,22-24,26-31,34-66H2,1-4H3,(H,79,80)(H,81,82)/b25-21-,33-32-. The third-order valence-corrected chi connectivity index (χ3v) is 18.4. The first kappa shape index (κ1) is 89.5. The number of ether oxygens (including phenoxy) is 4. The topological polar surface area (TPSA) is 237 Å². The van der Waals surface area contributed by atoms with Crippen molar-refractivity contribution in [1.82, 2.24) is 0 Å². The van der Waals surface area contributed by atoms with Gasteiger partial charge in [-0.05, 0) is 57.8 Å². The summed E-state index contributed by atoms with van der Waals surface area (Å²) in [5, 5.41) is 10.6. The molecule has 0 saturated heterocycles. The van der Waals surface area contributed by atoms with E-state index in [1.54, 1.807) is 0 Å². The minimum absolute atomic E-state index is 0.101. The lowest BCUT2D eigenvalue weighted by molar-refractivity contribution is -0.161. The van der Waals surface area contributed by atoms with Gasteiger partial charge in [-0.1, -0.05) is 302 Å². The zero-order valence-corrected chi connectivity index (χ0v) is 60.8. The van der Waals surface area contributed by atoms with Crippen LogP contribution in [-0.4, -0.2) is 96.7 Å². The fourth-order valence-corrected chi connectivity index (χ4v) is 12.2. The van der Waals surface area contributed by atoms with E-state index in [1.165, 1.54) is 167 Å². The van der Waals surface area contributed by atoms with Crippen molar-refractivity contribution in [2.45, 2.75) is 380 Å². The molecule has 92 heavy (non-hydrogen) atoms. The first-order chi connectivity index (χ1) is 44.7. The molecule has 0 heterocycles. The van der Waals surface area contributed by atoms with E-state index in [4.69, 9.17) is 37.0 Å². The lowest BCUT2D eigenvalue weighted by Crippen LogP contribution is -2.30. The van der Waals surface area contributed by atoms with Crippen molar-refractivity contribution in [1.29, 1.82) is 0 Å². The van der Waals surface area contributed by atoms with Crippen LogP contribution in [0.2, 0.25) is 0 Å². The van der Waals surface area contributed by atoms with Crippen LogP contribution in [0.15, 0.2) is 24.3 Å². The monoisotopic (exact) mass is 1350 g/mol. The van der Waals surface area contributed by atoms with Crippen molar-refractivity contribution < 1.29 is 80.2 Å². The third kappa shape index (κ3) is 66.2. The van der Waals surface area contributed by atoms with E-state index in [2.05, 4.69) is 52.0 Å². The van der Waals surface area contributed by atoms with E-state index in [-0.39, 0.29) is 25.7 Å². The second-order valence-corrected chi connectivity index (χ2v) is 28.5. The lowest BCUT2D eigenvalue weighted by Gasteiger charge is -2.21. The quantitative estimate of drug-likeness (QED) is 0.0169. The van der Waals surface area contributed by atoms with Gasteiger partial charge in [-0.2, -0.15) is 0 Å². The van der Waals surface area contributed by atoms with Crippen LogP contribution >= 0.6 is 15.6 Å². The number of hydrogen-bond donors (Lipinski definition) is 3. The molecular weight excluding hydrogens is 1210 g/mol. The van der Waals surface area contributed by atoms with Crippen molar-refractivity contribution in [2.75, 3.05) is 39.6 Å². The molecule has 0 amide bonds. The Morgan fingerprint density at radius 1 is 0.304 bits per heavy atom. The summed E-state index contributed by atoms with van der Waals surface area (Å²) in [7, 11) is -9.91. The highest BCUT2D eigenvalue weighted by Crippen LogP contribution is 2.45. The predicted octanol–water partition coefficient (Wildman–Crippen LogP) is 21.0. The van der Waals surface area contributed by atoms with Crippen LogP contribution in [0.3, 0.4) is 0 Å². The van der Waals surface area contributed by atoms with Crippen molar-refractivity contribution in [3.05, 3.63) is 24.3 Å². The minimum atomic E-state index is -4.96. The van der Waals surface area contributed by atoms with E-state index in [1.807, 2.05) is 0 Å². The van der Waals surface area contributed by atoms with Gasteiger partial charge in [-0.15, -0.1) is 0 Å². The number of phosphoric acid groups is 2. The van der Waals surface area contributed by atoms with E-state index < -0.39 is 97.5 Å². The maximum atomic E-state index is 13.0. The van der Waals surface area contributed by atoms with Crippen LogP contribution < -0.4 is 0 Å². The van der Waals surface area contributed by atoms with E-state index in [9.17, 15) is 43.2 Å². The summed E-state index contributed by atoms with van der Waals surface area (Å²) in [5.41, 5.74) is 0. The molecule has 0 aromatic carbocycles. The second kappa shape index (κ2) is 67.1. The molecular formula is C73H138O17P2. The first-order valence-corrected chi connectivity index (χ1v) is 40.6. The Hall–Kier alpha value is -2.46. The van der Waals surface area contributed by atoms with Gasteiger partial charge < -0.3 is 33.8 Å². The van der Waals surface area contributed by atoms with Crippen LogP contribution in [0.5, 0.6) is 0 Å². The molecule has 0 aliphatic rings. The summed E-state index contributed by atoms with van der Waals surface area (Å²) in [6.07, 6.45) is 58.8. The van der Waals surface area contributed by atoms with Crippen molar-refractivity contribution in [3.8, 4) is 0 Å². The van der Waals surface area contributed by atoms with Crippen LogP contribution in [-0.2, 0) is 65.4 Å². The highest BCUT2D eigenvalue weighted by atomic mass is 31.2. The van der Waals surface area contributed by atoms with E-state index in [0.29, 0.717) is 25.7 Å². The predicted molar refractivity (Wildman–Crippen MR) is 372 cm³/mol. The molecule has 0 aliphatic heterocycles. The SMILES string of the molecule is CCCCC/C=C\C/C=C\CCCCCCCC(=O)OCC(COP(=O)(O)OCC(O)COP(=O)(O)OCC(COC(=O)CCCCCCCCCCCCCCC)OC(=O)CCCCCCCCCCCCCCC)OC(=O)CCCCCCCCCCCCC. The van der Waals surface area contributed by atoms with Gasteiger partial charge in [-0.25, -0.2) is 9.13 Å². The molecule has 19 heteroatoms. The maximum absolute atomic E-state index is 13.0. The van der Waals surface area contributed by atoms with Crippen LogP contribution in [0.25, 0.3) is 0 Å². The number of carbonyl (C=O) groups excluding carboxylic acids is 4. The van der Waals surface area contributed by atoms with Crippen molar-refractivity contribution in [3.63, 3.8) is 0 Å². The van der Waals surface area contributed by atoms with Gasteiger partial charge in [0.2, 0.25) is 0 Å². The largest absolute Gasteiger partial charge is 0.472 e. The highest BCUT2D eigenvalue weighted by Gasteiger charge is 2.30. The molecule has 0 radical (unpaired) electrons. The Labute approximate surface area is 561 Å². The number of hydrogen-bond acceptors (Lipinski definition) is 15. The zero-order valence-electron chi connectivity index (χ0n) is 59.0. The smallest absolute Gasteiger partial charge is 0.462 e. The van der Waals surface area contributed by atoms with Crippen molar-refractivity contribution >= 4 is 39.5 Å². The second-order valence-electron chi connectivity index (χ2n) is 25.6. The number of allylic oxidation sites excluding steroid dienone is 4. The van der Waals surface area contributed by atoms with Crippen molar-refractivity contribution in [2.24, 2.45) is 0 Å². The molecule has 17 nitrogen and oxygen atoms in total. The maximum Gasteiger partial charge on any atom is 0.472 e. The number of carbonyl (C=O) groups is 4. The molecule has 0 spiro atoms. The van der Waals surface area contributed by atoms with Crippen LogP contribution in [0.1, 0.15) is 362 Å². The number of rotatable bonds is 72. The molecule has 5 unspecified atom stereocenters. The minimum Gasteiger partial charge on any atom is -0.462 e. The number of esters is 4. The van der Waals surface area contributed by atoms with Gasteiger partial charge in [0.25, 0.3) is 0 Å². The zero-order chi connectivity index (χ0) is 67.5. The van der Waals surface area contributed by atoms with Gasteiger partial charge in [0.1, 0.15) is 19.3 Å². The summed E-state index contributed by atoms with van der Waals surface area (Å²) in [4.78, 5) is 72.7. The molecule has 0 saturated carbocycles. The average molecular weight is 1350 g/mol. The van der Waals surface area contributed by atoms with Gasteiger partial charge in [-0.3, -0.25) is 37.3 Å². The Bertz CT molecular complexity index is 1850. The fourth-order valence-electron chi connectivity index (χ4n) is 10.7. The number of aliphatic hydroxyl groups is 1. The molecule has 0 aliphatic carbocycles. The summed E-state index contributed by atoms with van der Waals surface area (Å²) >= 11 is 0. The van der Waals surface area contributed by atoms with Gasteiger partial charge in [0.05, 0.1) is 26.4 Å². The molecule has 0 aromatic heterocycles. The Balaban J connectivity index is 5.27. The molecule has 5 atom stereocenters. The molecule has 3 N–H and O–H groups in total. The fraction of sp³-hybridized carbons (Fsp3) is 0.890. The van der Waals surface area contributed by atoms with Gasteiger partial charge >= 0.3 is 39.5 Å². The number of aliphatic hydroxyl groups excluding tert-OH is 1. The summed E-state index contributed by atoms with van der Waals surface area (Å²) in [5.74, 6) is -2.14. The van der Waals surface area contributed by atoms with Crippen LogP contribution in [0, 0.1) is 0 Å². The van der Waals surface area contributed by atoms with Gasteiger partial charge in [0, 0.05) is 25.7 Å². The normalized spacial score (nSPS) is 14.1. The third-order valence-electron chi connectivity index (χ3n) is 16.4.